The van der Waals surface area contributed by atoms with E-state index in [0.717, 1.165) is 38.5 Å². The Bertz CT molecular complexity index is 799. The molecule has 1 aromatic carbocycles. The quantitative estimate of drug-likeness (QED) is 0.207. The number of halogens is 1. The Balaban J connectivity index is 0.000000938. The van der Waals surface area contributed by atoms with Crippen molar-refractivity contribution in [1.82, 2.24) is 0 Å². The first-order chi connectivity index (χ1) is 16.1. The van der Waals surface area contributed by atoms with Crippen molar-refractivity contribution in [2.45, 2.75) is 58.3 Å². The minimum absolute atomic E-state index is 0.210. The highest BCUT2D eigenvalue weighted by molar-refractivity contribution is 6.67. The first kappa shape index (κ1) is 30.1. The van der Waals surface area contributed by atoms with Gasteiger partial charge >= 0.3 is 5.97 Å². The summed E-state index contributed by atoms with van der Waals surface area (Å²) in [5, 5.41) is 8.08. The van der Waals surface area contributed by atoms with E-state index in [-0.39, 0.29) is 6.42 Å². The zero-order chi connectivity index (χ0) is 24.4. The van der Waals surface area contributed by atoms with Crippen molar-refractivity contribution in [1.29, 1.82) is 0 Å². The van der Waals surface area contributed by atoms with E-state index < -0.39 is 11.2 Å². The number of hydrogen-bond acceptors (Lipinski definition) is 2. The van der Waals surface area contributed by atoms with Crippen LogP contribution in [0.2, 0.25) is 0 Å². The molecule has 0 aliphatic carbocycles. The van der Waals surface area contributed by atoms with Crippen molar-refractivity contribution in [2.75, 3.05) is 0 Å². The highest BCUT2D eigenvalue weighted by Crippen LogP contribution is 2.01. The topological polar surface area (TPSA) is 54.4 Å². The summed E-state index contributed by atoms with van der Waals surface area (Å²) in [5.41, 5.74) is 0.541. The van der Waals surface area contributed by atoms with Crippen molar-refractivity contribution in [3.63, 3.8) is 0 Å². The van der Waals surface area contributed by atoms with E-state index in [4.69, 9.17) is 16.7 Å². The number of aliphatic carboxylic acids is 1. The molecule has 0 amide bonds. The summed E-state index contributed by atoms with van der Waals surface area (Å²) in [6, 6.07) is 8.74. The van der Waals surface area contributed by atoms with Crippen molar-refractivity contribution >= 4 is 22.8 Å². The summed E-state index contributed by atoms with van der Waals surface area (Å²) >= 11 is 5.16. The molecule has 0 spiro atoms. The lowest BCUT2D eigenvalue weighted by Gasteiger charge is -1.87. The van der Waals surface area contributed by atoms with Gasteiger partial charge in [-0.1, -0.05) is 110 Å². The van der Waals surface area contributed by atoms with Crippen molar-refractivity contribution < 1.29 is 14.7 Å². The SMILES string of the molecule is CCC=CCC=CCC=CCC=CCC=CCC=CCCC(=O)O.O=C(Cl)c1ccccc1. The Kier molecular flexibility index (Phi) is 21.7. The fourth-order valence-corrected chi connectivity index (χ4v) is 2.54. The van der Waals surface area contributed by atoms with Crippen LogP contribution in [0.3, 0.4) is 0 Å². The second kappa shape index (κ2) is 23.7. The van der Waals surface area contributed by atoms with Crippen molar-refractivity contribution in [3.8, 4) is 0 Å². The number of hydrogen-bond donors (Lipinski definition) is 1. The maximum atomic E-state index is 10.4. The van der Waals surface area contributed by atoms with Crippen LogP contribution in [0, 0.1) is 0 Å². The monoisotopic (exact) mass is 468 g/mol. The van der Waals surface area contributed by atoms with E-state index in [2.05, 4.69) is 67.7 Å². The summed E-state index contributed by atoms with van der Waals surface area (Å²) < 4.78 is 0. The predicted molar refractivity (Wildman–Crippen MR) is 142 cm³/mol. The number of carboxylic acids is 1. The van der Waals surface area contributed by atoms with Gasteiger partial charge in [0.25, 0.3) is 5.24 Å². The number of rotatable bonds is 15. The molecule has 0 aliphatic heterocycles. The molecule has 0 saturated heterocycles. The lowest BCUT2D eigenvalue weighted by molar-refractivity contribution is -0.136. The number of allylic oxidation sites excluding steroid dienone is 12. The highest BCUT2D eigenvalue weighted by Gasteiger charge is 1.96. The molecule has 0 unspecified atom stereocenters. The van der Waals surface area contributed by atoms with E-state index in [1.54, 1.807) is 24.3 Å². The van der Waals surface area contributed by atoms with Gasteiger partial charge in [-0.2, -0.15) is 0 Å². The van der Waals surface area contributed by atoms with Crippen LogP contribution in [0.25, 0.3) is 0 Å². The highest BCUT2D eigenvalue weighted by atomic mass is 35.5. The summed E-state index contributed by atoms with van der Waals surface area (Å²) in [4.78, 5) is 20.7. The van der Waals surface area contributed by atoms with E-state index >= 15 is 0 Å². The average molecular weight is 469 g/mol. The minimum Gasteiger partial charge on any atom is -0.481 e. The Morgan fingerprint density at radius 1 is 0.697 bits per heavy atom. The Morgan fingerprint density at radius 3 is 1.42 bits per heavy atom. The van der Waals surface area contributed by atoms with Crippen LogP contribution in [0.4, 0.5) is 0 Å². The van der Waals surface area contributed by atoms with E-state index in [1.165, 1.54) is 0 Å². The second-order valence-electron chi connectivity index (χ2n) is 6.99. The van der Waals surface area contributed by atoms with Crippen LogP contribution in [-0.4, -0.2) is 16.3 Å². The molecule has 1 aromatic rings. The van der Waals surface area contributed by atoms with E-state index in [1.807, 2.05) is 18.2 Å². The third kappa shape index (κ3) is 23.6. The zero-order valence-corrected chi connectivity index (χ0v) is 20.4. The molecule has 178 valence electrons. The molecule has 1 rings (SSSR count). The standard InChI is InChI=1S/C22H32O2.C7H5ClO/c1-2-3-4-5-6-7-8-9-10-11-12-13-14-15-16-17-18-19-20-21-22(23)24;8-7(9)6-4-2-1-3-5-6/h3-4,6-7,9-10,12-13,15-16,18-19H,2,5,8,11,14,17,20-21H2,1H3,(H,23,24);1-5H. The van der Waals surface area contributed by atoms with Gasteiger partial charge in [-0.25, -0.2) is 0 Å². The van der Waals surface area contributed by atoms with Gasteiger partial charge in [0.1, 0.15) is 0 Å². The Hall–Kier alpha value is -2.91. The molecule has 0 aliphatic rings. The lowest BCUT2D eigenvalue weighted by atomic mass is 10.2. The molecule has 4 heteroatoms. The van der Waals surface area contributed by atoms with Crippen LogP contribution >= 0.6 is 11.6 Å². The third-order valence-corrected chi connectivity index (χ3v) is 4.34. The maximum absolute atomic E-state index is 10.4. The molecule has 1 N–H and O–H groups in total. The third-order valence-electron chi connectivity index (χ3n) is 4.12. The summed E-state index contributed by atoms with van der Waals surface area (Å²) in [7, 11) is 0. The number of carboxylic acid groups (broad SMARTS) is 1. The van der Waals surface area contributed by atoms with Crippen LogP contribution in [-0.2, 0) is 4.79 Å². The van der Waals surface area contributed by atoms with Crippen LogP contribution in [0.1, 0.15) is 68.6 Å². The Labute approximate surface area is 204 Å². The summed E-state index contributed by atoms with van der Waals surface area (Å²) in [6.45, 7) is 2.15. The first-order valence-corrected chi connectivity index (χ1v) is 11.8. The summed E-state index contributed by atoms with van der Waals surface area (Å²) in [5.74, 6) is -0.741. The van der Waals surface area contributed by atoms with Gasteiger partial charge in [-0.05, 0) is 56.5 Å². The minimum atomic E-state index is -0.741. The lowest BCUT2D eigenvalue weighted by Crippen LogP contribution is -1.91. The predicted octanol–water partition coefficient (Wildman–Crippen LogP) is 8.61. The molecule has 3 nitrogen and oxygen atoms in total. The normalized spacial score (nSPS) is 11.9. The molecule has 0 saturated carbocycles. The van der Waals surface area contributed by atoms with Crippen molar-refractivity contribution in [3.05, 3.63) is 109 Å². The molecule has 0 radical (unpaired) electrons. The molecule has 0 fully saturated rings. The molecule has 33 heavy (non-hydrogen) atoms. The molecule has 0 heterocycles. The van der Waals surface area contributed by atoms with E-state index in [0.29, 0.717) is 12.0 Å². The van der Waals surface area contributed by atoms with Gasteiger partial charge in [0.15, 0.2) is 0 Å². The van der Waals surface area contributed by atoms with Gasteiger partial charge in [-0.3, -0.25) is 9.59 Å². The first-order valence-electron chi connectivity index (χ1n) is 11.4. The fraction of sp³-hybridized carbons (Fsp3) is 0.310. The van der Waals surface area contributed by atoms with Gasteiger partial charge in [0.05, 0.1) is 0 Å². The smallest absolute Gasteiger partial charge is 0.303 e. The number of carbonyl (C=O) groups is 2. The van der Waals surface area contributed by atoms with Gasteiger partial charge in [-0.15, -0.1) is 0 Å². The number of benzene rings is 1. The number of carbonyl (C=O) groups excluding carboxylic acids is 1. The molecule has 0 bridgehead atoms. The van der Waals surface area contributed by atoms with Crippen LogP contribution in [0.15, 0.2) is 103 Å². The molecular weight excluding hydrogens is 432 g/mol. The average Bonchev–Trinajstić information content (AvgIpc) is 2.81. The van der Waals surface area contributed by atoms with E-state index in [9.17, 15) is 9.59 Å². The van der Waals surface area contributed by atoms with Gasteiger partial charge in [0.2, 0.25) is 0 Å². The molecule has 0 atom stereocenters. The molecular formula is C29H37ClO3. The van der Waals surface area contributed by atoms with Gasteiger partial charge < -0.3 is 5.11 Å². The zero-order valence-electron chi connectivity index (χ0n) is 19.6. The fourth-order valence-electron chi connectivity index (χ4n) is 2.42. The van der Waals surface area contributed by atoms with Crippen LogP contribution < -0.4 is 0 Å². The summed E-state index contributed by atoms with van der Waals surface area (Å²) in [6.07, 6.45) is 32.5. The van der Waals surface area contributed by atoms with Crippen molar-refractivity contribution in [2.24, 2.45) is 0 Å². The Morgan fingerprint density at radius 2 is 1.09 bits per heavy atom. The maximum Gasteiger partial charge on any atom is 0.303 e. The molecule has 0 aromatic heterocycles. The largest absolute Gasteiger partial charge is 0.481 e. The van der Waals surface area contributed by atoms with Crippen LogP contribution in [0.5, 0.6) is 0 Å². The van der Waals surface area contributed by atoms with Gasteiger partial charge in [0, 0.05) is 12.0 Å². The second-order valence-corrected chi connectivity index (χ2v) is 7.33.